The first kappa shape index (κ1) is 37.4. The number of aromatic nitrogens is 5. The minimum Gasteiger partial charge on any atom is -0.354 e. The van der Waals surface area contributed by atoms with Crippen molar-refractivity contribution >= 4 is 29.5 Å². The van der Waals surface area contributed by atoms with Crippen molar-refractivity contribution in [3.63, 3.8) is 0 Å². The minimum atomic E-state index is -1.01. The molecule has 2 aromatic carbocycles. The molecule has 5 rings (SSSR count). The predicted molar refractivity (Wildman–Crippen MR) is 193 cm³/mol. The lowest BCUT2D eigenvalue weighted by Gasteiger charge is -2.25. The maximum absolute atomic E-state index is 13.9. The summed E-state index contributed by atoms with van der Waals surface area (Å²) in [5.41, 5.74) is 2.44. The number of amides is 5. The summed E-state index contributed by atoms with van der Waals surface area (Å²) in [7, 11) is 1.66. The highest BCUT2D eigenvalue weighted by Gasteiger charge is 2.29. The molecule has 0 radical (unpaired) electrons. The summed E-state index contributed by atoms with van der Waals surface area (Å²) in [6, 6.07) is 17.8. The number of hydrogen-bond acceptors (Lipinski definition) is 8. The summed E-state index contributed by atoms with van der Waals surface area (Å²) >= 11 is 0. The van der Waals surface area contributed by atoms with Crippen LogP contribution in [0.1, 0.15) is 62.9 Å². The lowest BCUT2D eigenvalue weighted by atomic mass is 10.0. The molecule has 3 heterocycles. The maximum Gasteiger partial charge on any atom is 0.272 e. The highest BCUT2D eigenvalue weighted by Crippen LogP contribution is 2.21. The van der Waals surface area contributed by atoms with Crippen molar-refractivity contribution in [1.82, 2.24) is 50.7 Å². The van der Waals surface area contributed by atoms with E-state index in [-0.39, 0.29) is 43.7 Å². The molecule has 274 valence electrons. The summed E-state index contributed by atoms with van der Waals surface area (Å²) < 4.78 is 2.93. The van der Waals surface area contributed by atoms with Crippen LogP contribution in [0, 0.1) is 5.92 Å². The second kappa shape index (κ2) is 16.9. The van der Waals surface area contributed by atoms with Crippen molar-refractivity contribution in [1.29, 1.82) is 0 Å². The Labute approximate surface area is 302 Å². The van der Waals surface area contributed by atoms with Crippen molar-refractivity contribution < 1.29 is 24.0 Å². The fraction of sp³-hybridized carbons (Fsp3) is 0.405. The largest absolute Gasteiger partial charge is 0.354 e. The van der Waals surface area contributed by atoms with Gasteiger partial charge in [-0.1, -0.05) is 74.5 Å². The van der Waals surface area contributed by atoms with Gasteiger partial charge >= 0.3 is 0 Å². The summed E-state index contributed by atoms with van der Waals surface area (Å²) in [6.45, 7) is 6.91. The van der Waals surface area contributed by atoms with E-state index in [4.69, 9.17) is 4.98 Å². The van der Waals surface area contributed by atoms with Crippen LogP contribution in [-0.2, 0) is 32.8 Å². The van der Waals surface area contributed by atoms with E-state index < -0.39 is 41.8 Å². The number of fused-ring (bicyclic) bond motifs is 1. The SMILES string of the molecule is CC(C)C[C@H]1NC(=O)[C@@H](C)NC(=O)CN(C(=O)c2cc(-c3ccccc3)nn2C)CCCNC(=O)Cn2nc(-c3ccccc3)nc2[C@H](C)NC1=O. The molecule has 0 bridgehead atoms. The van der Waals surface area contributed by atoms with Crippen LogP contribution in [-0.4, -0.2) is 90.7 Å². The first-order valence-corrected chi connectivity index (χ1v) is 17.4. The fourth-order valence-corrected chi connectivity index (χ4v) is 5.93. The van der Waals surface area contributed by atoms with Gasteiger partial charge in [-0.05, 0) is 38.7 Å². The zero-order valence-electron chi connectivity index (χ0n) is 30.1. The number of rotatable bonds is 5. The summed E-state index contributed by atoms with van der Waals surface area (Å²) in [4.78, 5) is 73.5. The summed E-state index contributed by atoms with van der Waals surface area (Å²) in [6.07, 6.45) is 0.653. The van der Waals surface area contributed by atoms with Crippen LogP contribution in [0.25, 0.3) is 22.6 Å². The Morgan fingerprint density at radius 2 is 1.50 bits per heavy atom. The van der Waals surface area contributed by atoms with Gasteiger partial charge in [0, 0.05) is 31.3 Å². The molecule has 0 aliphatic carbocycles. The maximum atomic E-state index is 13.9. The van der Waals surface area contributed by atoms with Crippen LogP contribution >= 0.6 is 0 Å². The zero-order valence-corrected chi connectivity index (χ0v) is 30.1. The van der Waals surface area contributed by atoms with Gasteiger partial charge in [0.15, 0.2) is 5.82 Å². The number of nitrogens with zero attached hydrogens (tertiary/aromatic N) is 6. The van der Waals surface area contributed by atoms with Gasteiger partial charge in [0.25, 0.3) is 5.91 Å². The highest BCUT2D eigenvalue weighted by atomic mass is 16.2. The van der Waals surface area contributed by atoms with E-state index in [1.54, 1.807) is 20.0 Å². The molecule has 4 aromatic rings. The second-order valence-corrected chi connectivity index (χ2v) is 13.4. The molecule has 2 aromatic heterocycles. The number of carbonyl (C=O) groups excluding carboxylic acids is 5. The third-order valence-electron chi connectivity index (χ3n) is 8.60. The molecule has 0 unspecified atom stereocenters. The van der Waals surface area contributed by atoms with Crippen LogP contribution in [0.3, 0.4) is 0 Å². The molecule has 4 N–H and O–H groups in total. The smallest absolute Gasteiger partial charge is 0.272 e. The molecule has 1 aliphatic heterocycles. The average Bonchev–Trinajstić information content (AvgIpc) is 3.72. The van der Waals surface area contributed by atoms with E-state index in [1.165, 1.54) is 21.2 Å². The molecule has 0 saturated carbocycles. The van der Waals surface area contributed by atoms with Gasteiger partial charge in [0.2, 0.25) is 23.6 Å². The number of benzene rings is 2. The first-order chi connectivity index (χ1) is 24.9. The summed E-state index contributed by atoms with van der Waals surface area (Å²) in [5, 5.41) is 20.4. The Balaban J connectivity index is 1.42. The van der Waals surface area contributed by atoms with Crippen molar-refractivity contribution in [2.45, 2.75) is 65.2 Å². The molecule has 3 atom stereocenters. The topological polar surface area (TPSA) is 185 Å². The van der Waals surface area contributed by atoms with Crippen LogP contribution < -0.4 is 21.3 Å². The standard InChI is InChI=1S/C37H46N10O5/c1-23(2)19-29-36(51)40-24(3)34-42-33(27-15-10-7-11-16-27)44-47(34)22-31(48)38-17-12-18-46(21-32(49)39-25(4)35(50)41-29)37(52)30-20-28(43-45(30)5)26-13-8-6-9-14-26/h6-11,13-16,20,23-25,29H,12,17-19,21-22H2,1-5H3,(H,38,48)(H,39,49)(H,40,51)(H,41,50)/t24-,25+,29+/m0/s1. The Morgan fingerprint density at radius 3 is 2.17 bits per heavy atom. The molecule has 15 heteroatoms. The van der Waals surface area contributed by atoms with Gasteiger partial charge < -0.3 is 26.2 Å². The van der Waals surface area contributed by atoms with E-state index >= 15 is 0 Å². The first-order valence-electron chi connectivity index (χ1n) is 17.4. The van der Waals surface area contributed by atoms with Crippen LogP contribution in [0.2, 0.25) is 0 Å². The van der Waals surface area contributed by atoms with Gasteiger partial charge in [-0.3, -0.25) is 28.7 Å². The van der Waals surface area contributed by atoms with Gasteiger partial charge in [0.1, 0.15) is 30.1 Å². The molecule has 0 fully saturated rings. The average molecular weight is 711 g/mol. The molecular weight excluding hydrogens is 664 g/mol. The van der Waals surface area contributed by atoms with E-state index in [0.29, 0.717) is 30.2 Å². The van der Waals surface area contributed by atoms with Gasteiger partial charge in [-0.25, -0.2) is 9.67 Å². The number of nitrogens with one attached hydrogen (secondary N) is 4. The van der Waals surface area contributed by atoms with Crippen molar-refractivity contribution in [2.24, 2.45) is 13.0 Å². The summed E-state index contributed by atoms with van der Waals surface area (Å²) in [5.74, 6) is -1.56. The molecule has 5 amide bonds. The van der Waals surface area contributed by atoms with E-state index in [1.807, 2.05) is 74.5 Å². The van der Waals surface area contributed by atoms with Crippen molar-refractivity contribution in [3.8, 4) is 22.6 Å². The third kappa shape index (κ3) is 9.47. The zero-order chi connectivity index (χ0) is 37.4. The number of aryl methyl sites for hydroxylation is 1. The Hall–Kier alpha value is -5.86. The molecule has 0 saturated heterocycles. The third-order valence-corrected chi connectivity index (χ3v) is 8.60. The monoisotopic (exact) mass is 710 g/mol. The minimum absolute atomic E-state index is 0.0453. The van der Waals surface area contributed by atoms with Gasteiger partial charge in [-0.15, -0.1) is 0 Å². The van der Waals surface area contributed by atoms with E-state index in [9.17, 15) is 24.0 Å². The Morgan fingerprint density at radius 1 is 0.827 bits per heavy atom. The molecular formula is C37H46N10O5. The quantitative estimate of drug-likeness (QED) is 0.243. The fourth-order valence-electron chi connectivity index (χ4n) is 5.93. The van der Waals surface area contributed by atoms with Gasteiger partial charge in [0.05, 0.1) is 18.3 Å². The molecule has 52 heavy (non-hydrogen) atoms. The molecule has 15 nitrogen and oxygen atoms in total. The molecule has 0 spiro atoms. The van der Waals surface area contributed by atoms with Gasteiger partial charge in [-0.2, -0.15) is 10.2 Å². The lowest BCUT2D eigenvalue weighted by molar-refractivity contribution is -0.132. The number of carbonyl (C=O) groups is 5. The highest BCUT2D eigenvalue weighted by molar-refractivity contribution is 5.97. The normalized spacial score (nSPS) is 19.7. The molecule has 1 aliphatic rings. The van der Waals surface area contributed by atoms with Crippen molar-refractivity contribution in [2.75, 3.05) is 19.6 Å². The van der Waals surface area contributed by atoms with Crippen LogP contribution in [0.4, 0.5) is 0 Å². The second-order valence-electron chi connectivity index (χ2n) is 13.4. The van der Waals surface area contributed by atoms with Crippen LogP contribution in [0.15, 0.2) is 66.7 Å². The van der Waals surface area contributed by atoms with Crippen LogP contribution in [0.5, 0.6) is 0 Å². The Bertz CT molecular complexity index is 1890. The van der Waals surface area contributed by atoms with E-state index in [2.05, 4.69) is 31.5 Å². The number of hydrogen-bond donors (Lipinski definition) is 4. The predicted octanol–water partition coefficient (Wildman–Crippen LogP) is 2.22. The van der Waals surface area contributed by atoms with E-state index in [0.717, 1.165) is 11.1 Å². The van der Waals surface area contributed by atoms with Crippen molar-refractivity contribution in [3.05, 3.63) is 78.2 Å². The Kier molecular flexibility index (Phi) is 12.2. The lowest BCUT2D eigenvalue weighted by Crippen LogP contribution is -2.54.